The van der Waals surface area contributed by atoms with E-state index in [2.05, 4.69) is 37.3 Å². The molecule has 2 aromatic carbocycles. The second-order valence-corrected chi connectivity index (χ2v) is 5.96. The molecule has 0 aliphatic heterocycles. The number of nitrogens with one attached hydrogen (secondary N) is 1. The van der Waals surface area contributed by atoms with Crippen LogP contribution in [-0.2, 0) is 0 Å². The van der Waals surface area contributed by atoms with E-state index in [1.807, 2.05) is 25.1 Å². The third-order valence-corrected chi connectivity index (χ3v) is 4.48. The van der Waals surface area contributed by atoms with Gasteiger partial charge in [0.05, 0.1) is 10.5 Å². The van der Waals surface area contributed by atoms with Gasteiger partial charge < -0.3 is 0 Å². The van der Waals surface area contributed by atoms with Crippen molar-refractivity contribution in [2.45, 2.75) is 13.0 Å². The van der Waals surface area contributed by atoms with Gasteiger partial charge in [-0.05, 0) is 46.1 Å². The molecule has 2 rings (SSSR count). The molecule has 0 radical (unpaired) electrons. The van der Waals surface area contributed by atoms with Crippen molar-refractivity contribution >= 4 is 31.9 Å². The van der Waals surface area contributed by atoms with Crippen molar-refractivity contribution in [1.82, 2.24) is 5.43 Å². The number of hydrogen-bond donors (Lipinski definition) is 2. The number of aryl methyl sites for hydroxylation is 1. The van der Waals surface area contributed by atoms with Crippen LogP contribution in [0.3, 0.4) is 0 Å². The minimum atomic E-state index is -0.385. The molecule has 3 N–H and O–H groups in total. The van der Waals surface area contributed by atoms with Crippen molar-refractivity contribution in [2.75, 3.05) is 0 Å². The molecule has 0 aliphatic rings. The average Bonchev–Trinajstić information content (AvgIpc) is 2.39. The third-order valence-electron chi connectivity index (χ3n) is 2.97. The van der Waals surface area contributed by atoms with Crippen molar-refractivity contribution in [3.05, 3.63) is 67.9 Å². The molecule has 0 heterocycles. The molecular weight excluding hydrogens is 375 g/mol. The molecule has 1 unspecified atom stereocenters. The fourth-order valence-corrected chi connectivity index (χ4v) is 2.58. The van der Waals surface area contributed by atoms with Gasteiger partial charge in [0.2, 0.25) is 0 Å². The van der Waals surface area contributed by atoms with Gasteiger partial charge >= 0.3 is 0 Å². The first-order chi connectivity index (χ1) is 9.04. The summed E-state index contributed by atoms with van der Waals surface area (Å²) in [5.74, 6) is 5.30. The quantitative estimate of drug-likeness (QED) is 0.611. The van der Waals surface area contributed by atoms with Crippen LogP contribution in [0.5, 0.6) is 0 Å². The Morgan fingerprint density at radius 1 is 1.16 bits per heavy atom. The summed E-state index contributed by atoms with van der Waals surface area (Å²) in [5, 5.41) is 0. The second kappa shape index (κ2) is 6.13. The molecule has 0 aromatic heterocycles. The normalized spacial score (nSPS) is 12.5. The smallest absolute Gasteiger partial charge is 0.142 e. The molecule has 0 fully saturated rings. The number of benzene rings is 2. The van der Waals surface area contributed by atoms with Crippen LogP contribution in [0.2, 0.25) is 0 Å². The molecule has 1 atom stereocenters. The van der Waals surface area contributed by atoms with Gasteiger partial charge in [-0.15, -0.1) is 0 Å². The molecule has 19 heavy (non-hydrogen) atoms. The highest BCUT2D eigenvalue weighted by atomic mass is 79.9. The lowest BCUT2D eigenvalue weighted by molar-refractivity contribution is 0.555. The predicted octanol–water partition coefficient (Wildman–Crippen LogP) is 4.21. The standard InChI is InChI=1S/C14H13Br2FN2/c1-8-7-9(5-6-11(8)15)14(19-18)10-3-2-4-12(16)13(10)17/h2-7,14,19H,18H2,1H3. The maximum Gasteiger partial charge on any atom is 0.142 e. The summed E-state index contributed by atoms with van der Waals surface area (Å²) in [4.78, 5) is 0. The maximum atomic E-state index is 14.2. The monoisotopic (exact) mass is 386 g/mol. The molecule has 0 bridgehead atoms. The van der Waals surface area contributed by atoms with Gasteiger partial charge in [0, 0.05) is 10.0 Å². The van der Waals surface area contributed by atoms with Crippen LogP contribution in [0.15, 0.2) is 45.3 Å². The Labute approximate surface area is 128 Å². The SMILES string of the molecule is Cc1cc(C(NN)c2cccc(Br)c2F)ccc1Br. The lowest BCUT2D eigenvalue weighted by Crippen LogP contribution is -2.29. The summed E-state index contributed by atoms with van der Waals surface area (Å²) in [6.07, 6.45) is 0. The van der Waals surface area contributed by atoms with Crippen LogP contribution in [0.25, 0.3) is 0 Å². The summed E-state index contributed by atoms with van der Waals surface area (Å²) in [7, 11) is 0. The van der Waals surface area contributed by atoms with E-state index in [1.165, 1.54) is 0 Å². The minimum absolute atomic E-state index is 0.300. The Morgan fingerprint density at radius 2 is 1.89 bits per heavy atom. The zero-order valence-electron chi connectivity index (χ0n) is 10.3. The van der Waals surface area contributed by atoms with E-state index in [1.54, 1.807) is 18.2 Å². The van der Waals surface area contributed by atoms with Crippen molar-refractivity contribution in [3.63, 3.8) is 0 Å². The largest absolute Gasteiger partial charge is 0.271 e. The van der Waals surface area contributed by atoms with Gasteiger partial charge in [0.1, 0.15) is 5.82 Å². The van der Waals surface area contributed by atoms with Gasteiger partial charge in [-0.3, -0.25) is 5.84 Å². The Morgan fingerprint density at radius 3 is 2.53 bits per heavy atom. The average molecular weight is 388 g/mol. The van der Waals surface area contributed by atoms with Crippen LogP contribution >= 0.6 is 31.9 Å². The Kier molecular flexibility index (Phi) is 4.73. The highest BCUT2D eigenvalue weighted by Gasteiger charge is 2.18. The van der Waals surface area contributed by atoms with Gasteiger partial charge in [0.25, 0.3) is 0 Å². The Balaban J connectivity index is 2.50. The van der Waals surface area contributed by atoms with E-state index in [9.17, 15) is 4.39 Å². The van der Waals surface area contributed by atoms with E-state index in [4.69, 9.17) is 5.84 Å². The first-order valence-electron chi connectivity index (χ1n) is 5.70. The van der Waals surface area contributed by atoms with Crippen molar-refractivity contribution in [3.8, 4) is 0 Å². The summed E-state index contributed by atoms with van der Waals surface area (Å²) in [6.45, 7) is 1.98. The summed E-state index contributed by atoms with van der Waals surface area (Å²) in [6, 6.07) is 10.6. The highest BCUT2D eigenvalue weighted by Crippen LogP contribution is 2.29. The summed E-state index contributed by atoms with van der Waals surface area (Å²) >= 11 is 6.64. The number of nitrogens with two attached hydrogens (primary N) is 1. The van der Waals surface area contributed by atoms with E-state index in [0.717, 1.165) is 15.6 Å². The predicted molar refractivity (Wildman–Crippen MR) is 82.1 cm³/mol. The number of hydrogen-bond acceptors (Lipinski definition) is 2. The number of halogens is 3. The number of hydrazine groups is 1. The fraction of sp³-hybridized carbons (Fsp3) is 0.143. The van der Waals surface area contributed by atoms with Crippen LogP contribution in [0.1, 0.15) is 22.7 Å². The number of rotatable bonds is 3. The molecule has 0 aliphatic carbocycles. The molecule has 0 amide bonds. The molecule has 5 heteroatoms. The van der Waals surface area contributed by atoms with Crippen LogP contribution < -0.4 is 11.3 Å². The van der Waals surface area contributed by atoms with Gasteiger partial charge in [-0.2, -0.15) is 0 Å². The molecular formula is C14H13Br2FN2. The first kappa shape index (κ1) is 14.7. The van der Waals surface area contributed by atoms with E-state index in [-0.39, 0.29) is 11.9 Å². The molecule has 0 saturated heterocycles. The Bertz CT molecular complexity index is 602. The van der Waals surface area contributed by atoms with E-state index < -0.39 is 0 Å². The zero-order valence-corrected chi connectivity index (χ0v) is 13.4. The molecule has 2 nitrogen and oxygen atoms in total. The van der Waals surface area contributed by atoms with Crippen molar-refractivity contribution in [2.24, 2.45) is 5.84 Å². The second-order valence-electron chi connectivity index (χ2n) is 4.25. The van der Waals surface area contributed by atoms with Gasteiger partial charge in [-0.1, -0.05) is 40.2 Å². The maximum absolute atomic E-state index is 14.2. The van der Waals surface area contributed by atoms with E-state index in [0.29, 0.717) is 10.0 Å². The highest BCUT2D eigenvalue weighted by molar-refractivity contribution is 9.10. The molecule has 0 spiro atoms. The van der Waals surface area contributed by atoms with Gasteiger partial charge in [-0.25, -0.2) is 9.82 Å². The molecule has 100 valence electrons. The lowest BCUT2D eigenvalue weighted by atomic mass is 9.97. The van der Waals surface area contributed by atoms with E-state index >= 15 is 0 Å². The molecule has 0 saturated carbocycles. The van der Waals surface area contributed by atoms with Crippen molar-refractivity contribution in [1.29, 1.82) is 0 Å². The van der Waals surface area contributed by atoms with Crippen molar-refractivity contribution < 1.29 is 4.39 Å². The Hall–Kier alpha value is -0.750. The van der Waals surface area contributed by atoms with Gasteiger partial charge in [0.15, 0.2) is 0 Å². The summed E-state index contributed by atoms with van der Waals surface area (Å²) in [5.41, 5.74) is 5.18. The van der Waals surface area contributed by atoms with Crippen LogP contribution in [0, 0.1) is 12.7 Å². The third kappa shape index (κ3) is 3.05. The topological polar surface area (TPSA) is 38.0 Å². The van der Waals surface area contributed by atoms with Crippen LogP contribution in [-0.4, -0.2) is 0 Å². The lowest BCUT2D eigenvalue weighted by Gasteiger charge is -2.19. The fourth-order valence-electron chi connectivity index (χ4n) is 1.96. The minimum Gasteiger partial charge on any atom is -0.271 e. The molecule has 2 aromatic rings. The zero-order chi connectivity index (χ0) is 14.0. The summed E-state index contributed by atoms with van der Waals surface area (Å²) < 4.78 is 15.6. The van der Waals surface area contributed by atoms with Crippen LogP contribution in [0.4, 0.5) is 4.39 Å². The first-order valence-corrected chi connectivity index (χ1v) is 7.29.